The third kappa shape index (κ3) is 4.37. The maximum Gasteiger partial charge on any atom is 0.117 e. The van der Waals surface area contributed by atoms with Gasteiger partial charge in [-0.2, -0.15) is 0 Å². The van der Waals surface area contributed by atoms with Crippen LogP contribution in [-0.2, 0) is 4.74 Å². The summed E-state index contributed by atoms with van der Waals surface area (Å²) in [6.07, 6.45) is 1.99. The molecule has 0 saturated carbocycles. The van der Waals surface area contributed by atoms with Gasteiger partial charge in [0.1, 0.15) is 12.7 Å². The second kappa shape index (κ2) is 6.60. The van der Waals surface area contributed by atoms with E-state index in [0.717, 1.165) is 12.8 Å². The lowest BCUT2D eigenvalue weighted by atomic mass is 10.2. The highest BCUT2D eigenvalue weighted by Crippen LogP contribution is 1.97. The van der Waals surface area contributed by atoms with Crippen LogP contribution < -0.4 is 0 Å². The average Bonchev–Trinajstić information content (AvgIpc) is 1.98. The predicted octanol–water partition coefficient (Wildman–Crippen LogP) is 0.797. The average molecular weight is 142 g/mol. The van der Waals surface area contributed by atoms with Crippen LogP contribution in [0.4, 0.5) is 0 Å². The summed E-state index contributed by atoms with van der Waals surface area (Å²) < 4.78 is 5.01. The molecule has 0 rings (SSSR count). The van der Waals surface area contributed by atoms with Crippen LogP contribution in [0, 0.1) is 11.8 Å². The summed E-state index contributed by atoms with van der Waals surface area (Å²) in [5.74, 6) is 5.36. The van der Waals surface area contributed by atoms with Gasteiger partial charge >= 0.3 is 0 Å². The van der Waals surface area contributed by atoms with Crippen molar-refractivity contribution in [3.8, 4) is 11.8 Å². The van der Waals surface area contributed by atoms with Crippen molar-refractivity contribution < 1.29 is 9.84 Å². The molecule has 1 unspecified atom stereocenters. The van der Waals surface area contributed by atoms with Crippen molar-refractivity contribution in [2.75, 3.05) is 13.7 Å². The summed E-state index contributed by atoms with van der Waals surface area (Å²) in [7, 11) is 1.63. The van der Waals surface area contributed by atoms with Gasteiger partial charge in [-0.15, -0.1) is 0 Å². The molecule has 0 saturated heterocycles. The van der Waals surface area contributed by atoms with Crippen LogP contribution in [0.1, 0.15) is 19.8 Å². The molecule has 0 radical (unpaired) electrons. The van der Waals surface area contributed by atoms with E-state index in [4.69, 9.17) is 9.84 Å². The van der Waals surface area contributed by atoms with Gasteiger partial charge < -0.3 is 9.84 Å². The summed E-state index contributed by atoms with van der Waals surface area (Å²) in [6, 6.07) is 0. The molecule has 58 valence electrons. The lowest BCUT2D eigenvalue weighted by Gasteiger charge is -2.04. The zero-order valence-corrected chi connectivity index (χ0v) is 6.55. The highest BCUT2D eigenvalue weighted by atomic mass is 16.5. The van der Waals surface area contributed by atoms with Crippen molar-refractivity contribution in [1.29, 1.82) is 0 Å². The molecule has 0 aliphatic carbocycles. The minimum Gasteiger partial charge on any atom is -0.384 e. The monoisotopic (exact) mass is 142 g/mol. The van der Waals surface area contributed by atoms with Crippen LogP contribution in [0.25, 0.3) is 0 Å². The highest BCUT2D eigenvalue weighted by Gasteiger charge is 1.98. The molecule has 0 amide bonds. The fraction of sp³-hybridized carbons (Fsp3) is 0.750. The van der Waals surface area contributed by atoms with E-state index in [1.54, 1.807) is 7.11 Å². The predicted molar refractivity (Wildman–Crippen MR) is 40.6 cm³/mol. The molecule has 0 aromatic rings. The Labute approximate surface area is 62.2 Å². The first-order chi connectivity index (χ1) is 4.85. The quantitative estimate of drug-likeness (QED) is 0.590. The molecule has 10 heavy (non-hydrogen) atoms. The van der Waals surface area contributed by atoms with Crippen LogP contribution in [0.15, 0.2) is 0 Å². The van der Waals surface area contributed by atoms with E-state index in [-0.39, 0.29) is 12.7 Å². The number of methoxy groups -OCH3 is 1. The first-order valence-corrected chi connectivity index (χ1v) is 3.47. The van der Waals surface area contributed by atoms with E-state index in [9.17, 15) is 0 Å². The Balaban J connectivity index is 3.59. The van der Waals surface area contributed by atoms with Gasteiger partial charge in [0, 0.05) is 7.11 Å². The summed E-state index contributed by atoms with van der Waals surface area (Å²) in [4.78, 5) is 0. The molecule has 0 aromatic heterocycles. The molecule has 1 N–H and O–H groups in total. The summed E-state index contributed by atoms with van der Waals surface area (Å²) in [5.41, 5.74) is 0. The molecule has 0 spiro atoms. The molecule has 2 nitrogen and oxygen atoms in total. The fourth-order valence-corrected chi connectivity index (χ4v) is 0.671. The molecule has 0 heterocycles. The molecule has 0 aromatic carbocycles. The zero-order valence-electron chi connectivity index (χ0n) is 6.55. The SMILES string of the molecule is CCCC(C#CCO)OC. The number of hydrogen-bond donors (Lipinski definition) is 1. The minimum absolute atomic E-state index is 0.00264. The normalized spacial score (nSPS) is 11.9. The number of aliphatic hydroxyl groups is 1. The van der Waals surface area contributed by atoms with Gasteiger partial charge in [-0.05, 0) is 6.42 Å². The van der Waals surface area contributed by atoms with Crippen molar-refractivity contribution >= 4 is 0 Å². The van der Waals surface area contributed by atoms with Crippen LogP contribution >= 0.6 is 0 Å². The van der Waals surface area contributed by atoms with E-state index in [0.29, 0.717) is 0 Å². The van der Waals surface area contributed by atoms with Gasteiger partial charge in [0.15, 0.2) is 0 Å². The lowest BCUT2D eigenvalue weighted by Crippen LogP contribution is -2.06. The van der Waals surface area contributed by atoms with Gasteiger partial charge in [0.2, 0.25) is 0 Å². The van der Waals surface area contributed by atoms with Crippen LogP contribution in [0.3, 0.4) is 0 Å². The number of hydrogen-bond acceptors (Lipinski definition) is 2. The first kappa shape index (κ1) is 9.48. The van der Waals surface area contributed by atoms with Crippen LogP contribution in [0.5, 0.6) is 0 Å². The van der Waals surface area contributed by atoms with E-state index in [2.05, 4.69) is 18.8 Å². The van der Waals surface area contributed by atoms with Crippen LogP contribution in [0.2, 0.25) is 0 Å². The Morgan fingerprint density at radius 1 is 1.60 bits per heavy atom. The van der Waals surface area contributed by atoms with Gasteiger partial charge in [0.25, 0.3) is 0 Å². The molecule has 0 fully saturated rings. The zero-order chi connectivity index (χ0) is 7.82. The third-order valence-electron chi connectivity index (χ3n) is 1.18. The van der Waals surface area contributed by atoms with E-state index in [1.165, 1.54) is 0 Å². The molecule has 2 heteroatoms. The van der Waals surface area contributed by atoms with Gasteiger partial charge in [-0.25, -0.2) is 0 Å². The molecule has 0 aliphatic rings. The molecule has 0 bridgehead atoms. The Bertz CT molecular complexity index is 121. The van der Waals surface area contributed by atoms with Crippen molar-refractivity contribution in [3.63, 3.8) is 0 Å². The van der Waals surface area contributed by atoms with Crippen molar-refractivity contribution in [3.05, 3.63) is 0 Å². The van der Waals surface area contributed by atoms with Crippen molar-refractivity contribution in [2.24, 2.45) is 0 Å². The van der Waals surface area contributed by atoms with E-state index < -0.39 is 0 Å². The number of aliphatic hydroxyl groups excluding tert-OH is 1. The largest absolute Gasteiger partial charge is 0.384 e. The summed E-state index contributed by atoms with van der Waals surface area (Å²) >= 11 is 0. The fourth-order valence-electron chi connectivity index (χ4n) is 0.671. The van der Waals surface area contributed by atoms with Gasteiger partial charge in [-0.3, -0.25) is 0 Å². The molecule has 0 aliphatic heterocycles. The summed E-state index contributed by atoms with van der Waals surface area (Å²) in [6.45, 7) is 2.00. The van der Waals surface area contributed by atoms with E-state index >= 15 is 0 Å². The first-order valence-electron chi connectivity index (χ1n) is 3.47. The maximum absolute atomic E-state index is 8.35. The number of ether oxygens (including phenoxy) is 1. The van der Waals surface area contributed by atoms with Gasteiger partial charge in [-0.1, -0.05) is 25.2 Å². The summed E-state index contributed by atoms with van der Waals surface area (Å²) in [5, 5.41) is 8.35. The Morgan fingerprint density at radius 3 is 2.70 bits per heavy atom. The second-order valence-electron chi connectivity index (χ2n) is 1.99. The van der Waals surface area contributed by atoms with Crippen LogP contribution in [-0.4, -0.2) is 24.9 Å². The van der Waals surface area contributed by atoms with Gasteiger partial charge in [0.05, 0.1) is 0 Å². The van der Waals surface area contributed by atoms with E-state index in [1.807, 2.05) is 0 Å². The highest BCUT2D eigenvalue weighted by molar-refractivity contribution is 5.04. The standard InChI is InChI=1S/C8H14O2/c1-3-5-8(10-2)6-4-7-9/h8-9H,3,5,7H2,1-2H3. The molecular formula is C8H14O2. The third-order valence-corrected chi connectivity index (χ3v) is 1.18. The lowest BCUT2D eigenvalue weighted by molar-refractivity contribution is 0.140. The Hall–Kier alpha value is -0.520. The molecular weight excluding hydrogens is 128 g/mol. The Morgan fingerprint density at radius 2 is 2.30 bits per heavy atom. The smallest absolute Gasteiger partial charge is 0.117 e. The van der Waals surface area contributed by atoms with Crippen molar-refractivity contribution in [1.82, 2.24) is 0 Å². The topological polar surface area (TPSA) is 29.5 Å². The minimum atomic E-state index is -0.0798. The second-order valence-corrected chi connectivity index (χ2v) is 1.99. The maximum atomic E-state index is 8.35. The van der Waals surface area contributed by atoms with Crippen molar-refractivity contribution in [2.45, 2.75) is 25.9 Å². The Kier molecular flexibility index (Phi) is 6.25. The molecule has 1 atom stereocenters. The number of rotatable bonds is 3.